The summed E-state index contributed by atoms with van der Waals surface area (Å²) < 4.78 is 32.3. The van der Waals surface area contributed by atoms with Crippen molar-refractivity contribution < 1.29 is 18.1 Å². The number of sulfonamides is 1. The fourth-order valence-corrected chi connectivity index (χ4v) is 4.78. The van der Waals surface area contributed by atoms with Crippen LogP contribution in [0.15, 0.2) is 47.4 Å². The molecule has 9 heteroatoms. The number of methoxy groups -OCH3 is 1. The summed E-state index contributed by atoms with van der Waals surface area (Å²) in [6.45, 7) is 2.23. The van der Waals surface area contributed by atoms with Gasteiger partial charge >= 0.3 is 0 Å². The van der Waals surface area contributed by atoms with Crippen LogP contribution in [0.2, 0.25) is 0 Å². The van der Waals surface area contributed by atoms with E-state index in [0.29, 0.717) is 0 Å². The average Bonchev–Trinajstić information content (AvgIpc) is 2.74. The summed E-state index contributed by atoms with van der Waals surface area (Å²) in [7, 11) is -1.19. The lowest BCUT2D eigenvalue weighted by Crippen LogP contribution is -2.29. The zero-order valence-electron chi connectivity index (χ0n) is 16.6. The van der Waals surface area contributed by atoms with Crippen molar-refractivity contribution in [2.75, 3.05) is 32.1 Å². The van der Waals surface area contributed by atoms with E-state index in [2.05, 4.69) is 4.90 Å². The summed E-state index contributed by atoms with van der Waals surface area (Å²) in [6.07, 6.45) is 3.64. The Kier molecular flexibility index (Phi) is 6.39. The predicted molar refractivity (Wildman–Crippen MR) is 111 cm³/mol. The van der Waals surface area contributed by atoms with E-state index in [1.54, 1.807) is 0 Å². The van der Waals surface area contributed by atoms with Gasteiger partial charge < -0.3 is 9.64 Å². The molecule has 0 N–H and O–H groups in total. The Morgan fingerprint density at radius 2 is 1.76 bits per heavy atom. The van der Waals surface area contributed by atoms with Gasteiger partial charge in [-0.2, -0.15) is 4.31 Å². The van der Waals surface area contributed by atoms with Gasteiger partial charge in [0.25, 0.3) is 5.69 Å². The van der Waals surface area contributed by atoms with E-state index in [-0.39, 0.29) is 22.9 Å². The van der Waals surface area contributed by atoms with Crippen LogP contribution < -0.4 is 9.64 Å². The van der Waals surface area contributed by atoms with Gasteiger partial charge in [0, 0.05) is 44.5 Å². The van der Waals surface area contributed by atoms with Crippen LogP contribution in [0.1, 0.15) is 24.8 Å². The zero-order valence-corrected chi connectivity index (χ0v) is 17.4. The lowest BCUT2D eigenvalue weighted by atomic mass is 10.1. The Morgan fingerprint density at radius 1 is 1.10 bits per heavy atom. The number of non-ortho nitro benzene ring substituents is 1. The first kappa shape index (κ1) is 21.1. The third-order valence-corrected chi connectivity index (χ3v) is 6.93. The van der Waals surface area contributed by atoms with Gasteiger partial charge in [0.15, 0.2) is 0 Å². The van der Waals surface area contributed by atoms with Gasteiger partial charge in [-0.25, -0.2) is 8.42 Å². The summed E-state index contributed by atoms with van der Waals surface area (Å²) in [5.41, 5.74) is 1.67. The van der Waals surface area contributed by atoms with Crippen LogP contribution in [0.25, 0.3) is 0 Å². The van der Waals surface area contributed by atoms with Crippen molar-refractivity contribution in [3.05, 3.63) is 58.1 Å². The molecule has 1 aliphatic heterocycles. The standard InChI is InChI=1S/C20H25N3O5S/c1-21(15-16-6-8-17(9-7-16)22-12-4-3-5-13-22)29(26,27)20-14-18(23(24)25)10-11-19(20)28-2/h6-11,14H,3-5,12-13,15H2,1-2H3. The number of ether oxygens (including phenoxy) is 1. The van der Waals surface area contributed by atoms with Crippen molar-refractivity contribution in [3.8, 4) is 5.75 Å². The van der Waals surface area contributed by atoms with Crippen molar-refractivity contribution in [3.63, 3.8) is 0 Å². The summed E-state index contributed by atoms with van der Waals surface area (Å²) >= 11 is 0. The van der Waals surface area contributed by atoms with Crippen molar-refractivity contribution in [2.24, 2.45) is 0 Å². The van der Waals surface area contributed by atoms with Crippen LogP contribution in [0.4, 0.5) is 11.4 Å². The van der Waals surface area contributed by atoms with E-state index >= 15 is 0 Å². The number of piperidine rings is 1. The molecule has 2 aromatic carbocycles. The second-order valence-corrected chi connectivity index (χ2v) is 9.08. The molecule has 0 radical (unpaired) electrons. The van der Waals surface area contributed by atoms with Gasteiger partial charge in [0.05, 0.1) is 12.0 Å². The summed E-state index contributed by atoms with van der Waals surface area (Å²) in [5, 5.41) is 11.1. The van der Waals surface area contributed by atoms with Crippen LogP contribution >= 0.6 is 0 Å². The minimum Gasteiger partial charge on any atom is -0.495 e. The molecule has 2 aromatic rings. The third-order valence-electron chi connectivity index (χ3n) is 5.11. The Bertz CT molecular complexity index is 970. The maximum atomic E-state index is 13.0. The number of nitro benzene ring substituents is 1. The molecule has 0 amide bonds. The Hall–Kier alpha value is -2.65. The van der Waals surface area contributed by atoms with Crippen LogP contribution in [-0.4, -0.2) is 44.9 Å². The second-order valence-electron chi connectivity index (χ2n) is 7.07. The molecule has 156 valence electrons. The molecule has 8 nitrogen and oxygen atoms in total. The van der Waals surface area contributed by atoms with Crippen molar-refractivity contribution in [1.29, 1.82) is 0 Å². The zero-order chi connectivity index (χ0) is 21.0. The monoisotopic (exact) mass is 419 g/mol. The molecule has 1 fully saturated rings. The highest BCUT2D eigenvalue weighted by molar-refractivity contribution is 7.89. The van der Waals surface area contributed by atoms with Gasteiger partial charge in [-0.3, -0.25) is 10.1 Å². The Labute approximate surface area is 170 Å². The fraction of sp³-hybridized carbons (Fsp3) is 0.400. The molecule has 0 aromatic heterocycles. The topological polar surface area (TPSA) is 93.0 Å². The van der Waals surface area contributed by atoms with Gasteiger partial charge in [-0.15, -0.1) is 0 Å². The molecule has 1 saturated heterocycles. The molecule has 0 bridgehead atoms. The average molecular weight is 420 g/mol. The second kappa shape index (κ2) is 8.79. The first-order chi connectivity index (χ1) is 13.8. The number of anilines is 1. The SMILES string of the molecule is COc1ccc([N+](=O)[O-])cc1S(=O)(=O)N(C)Cc1ccc(N2CCCCC2)cc1. The van der Waals surface area contributed by atoms with Crippen molar-refractivity contribution >= 4 is 21.4 Å². The van der Waals surface area contributed by atoms with Gasteiger partial charge in [-0.1, -0.05) is 12.1 Å². The highest BCUT2D eigenvalue weighted by Gasteiger charge is 2.27. The normalized spacial score (nSPS) is 14.8. The molecular formula is C20H25N3O5S. The fourth-order valence-electron chi connectivity index (χ4n) is 3.45. The molecule has 0 atom stereocenters. The minimum atomic E-state index is -3.97. The maximum absolute atomic E-state index is 13.0. The largest absolute Gasteiger partial charge is 0.495 e. The molecule has 29 heavy (non-hydrogen) atoms. The Morgan fingerprint density at radius 3 is 2.34 bits per heavy atom. The number of hydrogen-bond acceptors (Lipinski definition) is 6. The van der Waals surface area contributed by atoms with Crippen LogP contribution in [0.5, 0.6) is 5.75 Å². The summed E-state index contributed by atoms with van der Waals surface area (Å²) in [5.74, 6) is 0.0721. The number of hydrogen-bond donors (Lipinski definition) is 0. The van der Waals surface area contributed by atoms with Crippen LogP contribution in [0.3, 0.4) is 0 Å². The summed E-state index contributed by atoms with van der Waals surface area (Å²) in [6, 6.07) is 11.4. The van der Waals surface area contributed by atoms with Crippen LogP contribution in [-0.2, 0) is 16.6 Å². The first-order valence-electron chi connectivity index (χ1n) is 9.45. The van der Waals surface area contributed by atoms with E-state index in [1.165, 1.54) is 49.9 Å². The minimum absolute atomic E-state index is 0.0721. The van der Waals surface area contributed by atoms with E-state index in [1.807, 2.05) is 24.3 Å². The smallest absolute Gasteiger partial charge is 0.271 e. The molecule has 1 aliphatic rings. The molecular weight excluding hydrogens is 394 g/mol. The Balaban J connectivity index is 1.80. The number of rotatable bonds is 7. The third kappa shape index (κ3) is 4.68. The molecule has 0 unspecified atom stereocenters. The van der Waals surface area contributed by atoms with Crippen molar-refractivity contribution in [1.82, 2.24) is 4.31 Å². The van der Waals surface area contributed by atoms with E-state index < -0.39 is 14.9 Å². The van der Waals surface area contributed by atoms with Gasteiger partial charge in [0.1, 0.15) is 10.6 Å². The van der Waals surface area contributed by atoms with Gasteiger partial charge in [-0.05, 0) is 43.0 Å². The molecule has 3 rings (SSSR count). The van der Waals surface area contributed by atoms with E-state index in [0.717, 1.165) is 30.4 Å². The van der Waals surface area contributed by atoms with E-state index in [9.17, 15) is 18.5 Å². The predicted octanol–water partition coefficient (Wildman–Crippen LogP) is 3.41. The lowest BCUT2D eigenvalue weighted by molar-refractivity contribution is -0.385. The van der Waals surface area contributed by atoms with Crippen molar-refractivity contribution in [2.45, 2.75) is 30.7 Å². The highest BCUT2D eigenvalue weighted by Crippen LogP contribution is 2.31. The molecule has 0 spiro atoms. The molecule has 0 aliphatic carbocycles. The molecule has 1 heterocycles. The van der Waals surface area contributed by atoms with Crippen LogP contribution in [0, 0.1) is 10.1 Å². The van der Waals surface area contributed by atoms with E-state index in [4.69, 9.17) is 4.74 Å². The number of nitrogens with zero attached hydrogens (tertiary/aromatic N) is 3. The first-order valence-corrected chi connectivity index (χ1v) is 10.9. The highest BCUT2D eigenvalue weighted by atomic mass is 32.2. The quantitative estimate of drug-likeness (QED) is 0.504. The molecule has 0 saturated carbocycles. The number of benzene rings is 2. The van der Waals surface area contributed by atoms with Gasteiger partial charge in [0.2, 0.25) is 10.0 Å². The summed E-state index contributed by atoms with van der Waals surface area (Å²) in [4.78, 5) is 12.5. The maximum Gasteiger partial charge on any atom is 0.271 e. The number of nitro groups is 1. The lowest BCUT2D eigenvalue weighted by Gasteiger charge is -2.29.